The second-order valence-electron chi connectivity index (χ2n) is 5.18. The van der Waals surface area contributed by atoms with E-state index in [1.54, 1.807) is 32.4 Å². The van der Waals surface area contributed by atoms with Crippen LogP contribution in [0.1, 0.15) is 25.7 Å². The number of hydrogen-bond acceptors (Lipinski definition) is 4. The lowest BCUT2D eigenvalue weighted by atomic mass is 9.85. The number of nitrogens with two attached hydrogens (primary N) is 1. The van der Waals surface area contributed by atoms with Crippen LogP contribution in [-0.4, -0.2) is 26.2 Å². The number of benzene rings is 1. The van der Waals surface area contributed by atoms with Crippen LogP contribution in [0.3, 0.4) is 0 Å². The number of anilines is 1. The standard InChI is InChI=1S/C15H22N2O3/c1-19-12-6-7-14(20-2)13(9-12)17-15(18)10-4-3-5-11(16)8-10/h6-7,9-11H,3-5,8,16H2,1-2H3,(H,17,18). The van der Waals surface area contributed by atoms with E-state index in [2.05, 4.69) is 5.32 Å². The maximum Gasteiger partial charge on any atom is 0.227 e. The highest BCUT2D eigenvalue weighted by Gasteiger charge is 2.26. The molecule has 1 amide bonds. The molecule has 0 spiro atoms. The maximum atomic E-state index is 12.3. The summed E-state index contributed by atoms with van der Waals surface area (Å²) in [6.45, 7) is 0. The zero-order valence-electron chi connectivity index (χ0n) is 12.0. The molecule has 2 rings (SSSR count). The third-order valence-electron chi connectivity index (χ3n) is 3.75. The van der Waals surface area contributed by atoms with Crippen molar-refractivity contribution >= 4 is 11.6 Å². The Morgan fingerprint density at radius 3 is 2.75 bits per heavy atom. The predicted molar refractivity (Wildman–Crippen MR) is 78.1 cm³/mol. The Kier molecular flexibility index (Phi) is 4.84. The quantitative estimate of drug-likeness (QED) is 0.885. The second-order valence-corrected chi connectivity index (χ2v) is 5.18. The fourth-order valence-electron chi connectivity index (χ4n) is 2.61. The zero-order chi connectivity index (χ0) is 14.5. The third-order valence-corrected chi connectivity index (χ3v) is 3.75. The van der Waals surface area contributed by atoms with Crippen molar-refractivity contribution in [2.24, 2.45) is 11.7 Å². The van der Waals surface area contributed by atoms with Crippen molar-refractivity contribution in [3.05, 3.63) is 18.2 Å². The van der Waals surface area contributed by atoms with Gasteiger partial charge in [0.05, 0.1) is 19.9 Å². The van der Waals surface area contributed by atoms with Gasteiger partial charge in [0, 0.05) is 18.0 Å². The molecule has 1 fully saturated rings. The molecule has 1 aromatic carbocycles. The number of amides is 1. The molecule has 20 heavy (non-hydrogen) atoms. The molecule has 3 N–H and O–H groups in total. The molecular weight excluding hydrogens is 256 g/mol. The van der Waals surface area contributed by atoms with Crippen LogP contribution in [0.15, 0.2) is 18.2 Å². The van der Waals surface area contributed by atoms with Crippen LogP contribution in [0.2, 0.25) is 0 Å². The number of carbonyl (C=O) groups excluding carboxylic acids is 1. The monoisotopic (exact) mass is 278 g/mol. The van der Waals surface area contributed by atoms with Gasteiger partial charge in [0.25, 0.3) is 0 Å². The molecule has 1 aliphatic rings. The minimum Gasteiger partial charge on any atom is -0.497 e. The predicted octanol–water partition coefficient (Wildman–Crippen LogP) is 2.16. The minimum absolute atomic E-state index is 0.00621. The topological polar surface area (TPSA) is 73.6 Å². The van der Waals surface area contributed by atoms with E-state index in [4.69, 9.17) is 15.2 Å². The van der Waals surface area contributed by atoms with Crippen LogP contribution in [0.25, 0.3) is 0 Å². The molecule has 5 heteroatoms. The molecule has 0 heterocycles. The molecule has 2 atom stereocenters. The van der Waals surface area contributed by atoms with Gasteiger partial charge in [-0.05, 0) is 31.4 Å². The maximum absolute atomic E-state index is 12.3. The van der Waals surface area contributed by atoms with Crippen molar-refractivity contribution in [2.45, 2.75) is 31.7 Å². The first kappa shape index (κ1) is 14.7. The van der Waals surface area contributed by atoms with Crippen LogP contribution in [0.5, 0.6) is 11.5 Å². The van der Waals surface area contributed by atoms with Crippen LogP contribution < -0.4 is 20.5 Å². The van der Waals surface area contributed by atoms with Gasteiger partial charge >= 0.3 is 0 Å². The van der Waals surface area contributed by atoms with Gasteiger partial charge in [-0.25, -0.2) is 0 Å². The summed E-state index contributed by atoms with van der Waals surface area (Å²) in [5.74, 6) is 1.29. The average Bonchev–Trinajstić information content (AvgIpc) is 2.47. The number of hydrogen-bond donors (Lipinski definition) is 2. The van der Waals surface area contributed by atoms with E-state index in [-0.39, 0.29) is 17.9 Å². The Morgan fingerprint density at radius 2 is 2.10 bits per heavy atom. The van der Waals surface area contributed by atoms with Gasteiger partial charge < -0.3 is 20.5 Å². The van der Waals surface area contributed by atoms with Gasteiger partial charge in [-0.2, -0.15) is 0 Å². The molecule has 110 valence electrons. The molecule has 0 radical (unpaired) electrons. The fraction of sp³-hybridized carbons (Fsp3) is 0.533. The molecule has 0 aliphatic heterocycles. The molecular formula is C15H22N2O3. The van der Waals surface area contributed by atoms with Crippen LogP contribution in [-0.2, 0) is 4.79 Å². The summed E-state index contributed by atoms with van der Waals surface area (Å²) in [4.78, 5) is 12.3. The molecule has 0 bridgehead atoms. The highest BCUT2D eigenvalue weighted by molar-refractivity contribution is 5.94. The van der Waals surface area contributed by atoms with Gasteiger partial charge in [0.2, 0.25) is 5.91 Å². The van der Waals surface area contributed by atoms with Crippen LogP contribution in [0.4, 0.5) is 5.69 Å². The average molecular weight is 278 g/mol. The first-order valence-electron chi connectivity index (χ1n) is 6.92. The third kappa shape index (κ3) is 3.42. The van der Waals surface area contributed by atoms with E-state index in [1.807, 2.05) is 0 Å². The van der Waals surface area contributed by atoms with E-state index in [9.17, 15) is 4.79 Å². The summed E-state index contributed by atoms with van der Waals surface area (Å²) < 4.78 is 10.4. The molecule has 0 saturated heterocycles. The van der Waals surface area contributed by atoms with E-state index >= 15 is 0 Å². The Balaban J connectivity index is 2.10. The number of rotatable bonds is 4. The lowest BCUT2D eigenvalue weighted by Gasteiger charge is -2.26. The number of nitrogens with one attached hydrogen (secondary N) is 1. The first-order valence-corrected chi connectivity index (χ1v) is 6.92. The van der Waals surface area contributed by atoms with Gasteiger partial charge in [0.1, 0.15) is 11.5 Å². The van der Waals surface area contributed by atoms with Gasteiger partial charge in [-0.3, -0.25) is 4.79 Å². The molecule has 0 aromatic heterocycles. The van der Waals surface area contributed by atoms with Gasteiger partial charge in [-0.15, -0.1) is 0 Å². The minimum atomic E-state index is -0.0188. The van der Waals surface area contributed by atoms with Gasteiger partial charge in [-0.1, -0.05) is 6.42 Å². The lowest BCUT2D eigenvalue weighted by Crippen LogP contribution is -2.34. The second kappa shape index (κ2) is 6.61. The summed E-state index contributed by atoms with van der Waals surface area (Å²) in [5, 5.41) is 2.93. The smallest absolute Gasteiger partial charge is 0.227 e. The van der Waals surface area contributed by atoms with Crippen LogP contribution in [0, 0.1) is 5.92 Å². The number of methoxy groups -OCH3 is 2. The Bertz CT molecular complexity index is 476. The summed E-state index contributed by atoms with van der Waals surface area (Å²) in [7, 11) is 3.17. The van der Waals surface area contributed by atoms with Crippen molar-refractivity contribution in [1.29, 1.82) is 0 Å². The number of carbonyl (C=O) groups is 1. The SMILES string of the molecule is COc1ccc(OC)c(NC(=O)C2CCCC(N)C2)c1. The molecule has 1 aliphatic carbocycles. The lowest BCUT2D eigenvalue weighted by molar-refractivity contribution is -0.120. The highest BCUT2D eigenvalue weighted by atomic mass is 16.5. The summed E-state index contributed by atoms with van der Waals surface area (Å²) in [6.07, 6.45) is 3.66. The van der Waals surface area contributed by atoms with E-state index in [0.29, 0.717) is 17.2 Å². The van der Waals surface area contributed by atoms with Crippen molar-refractivity contribution in [2.75, 3.05) is 19.5 Å². The zero-order valence-corrected chi connectivity index (χ0v) is 12.0. The number of ether oxygens (including phenoxy) is 2. The van der Waals surface area contributed by atoms with E-state index in [1.165, 1.54) is 0 Å². The van der Waals surface area contributed by atoms with Crippen molar-refractivity contribution in [3.63, 3.8) is 0 Å². The largest absolute Gasteiger partial charge is 0.497 e. The van der Waals surface area contributed by atoms with Gasteiger partial charge in [0.15, 0.2) is 0 Å². The van der Waals surface area contributed by atoms with Crippen molar-refractivity contribution in [1.82, 2.24) is 0 Å². The van der Waals surface area contributed by atoms with E-state index < -0.39 is 0 Å². The fourth-order valence-corrected chi connectivity index (χ4v) is 2.61. The summed E-state index contributed by atoms with van der Waals surface area (Å²) in [5.41, 5.74) is 6.57. The Labute approximate surface area is 119 Å². The normalized spacial score (nSPS) is 22.1. The molecule has 1 aromatic rings. The summed E-state index contributed by atoms with van der Waals surface area (Å²) >= 11 is 0. The van der Waals surface area contributed by atoms with E-state index in [0.717, 1.165) is 25.7 Å². The Morgan fingerprint density at radius 1 is 1.30 bits per heavy atom. The Hall–Kier alpha value is -1.75. The van der Waals surface area contributed by atoms with Crippen LogP contribution >= 0.6 is 0 Å². The molecule has 2 unspecified atom stereocenters. The summed E-state index contributed by atoms with van der Waals surface area (Å²) in [6, 6.07) is 5.47. The van der Waals surface area contributed by atoms with Crippen molar-refractivity contribution < 1.29 is 14.3 Å². The molecule has 5 nitrogen and oxygen atoms in total. The highest BCUT2D eigenvalue weighted by Crippen LogP contribution is 2.31. The van der Waals surface area contributed by atoms with Crippen molar-refractivity contribution in [3.8, 4) is 11.5 Å². The molecule has 1 saturated carbocycles. The first-order chi connectivity index (χ1) is 9.63.